The van der Waals surface area contributed by atoms with Crippen LogP contribution in [0.15, 0.2) is 138 Å². The third kappa shape index (κ3) is 19.5. The summed E-state index contributed by atoms with van der Waals surface area (Å²) < 4.78 is 67.1. The second kappa shape index (κ2) is 31.8. The van der Waals surface area contributed by atoms with Crippen LogP contribution in [-0.4, -0.2) is 128 Å². The fourth-order valence-corrected chi connectivity index (χ4v) is 13.1. The molecule has 0 aliphatic carbocycles. The maximum absolute atomic E-state index is 15.5. The summed E-state index contributed by atoms with van der Waals surface area (Å²) in [5.41, 5.74) is 8.83. The highest BCUT2D eigenvalue weighted by atomic mass is 31.2. The van der Waals surface area contributed by atoms with Crippen LogP contribution in [0.1, 0.15) is 56.0 Å². The van der Waals surface area contributed by atoms with Crippen molar-refractivity contribution in [3.8, 4) is 0 Å². The normalized spacial score (nSPS) is 13.3. The fraction of sp³-hybridized carbons (Fsp3) is 0.404. The van der Waals surface area contributed by atoms with E-state index in [0.717, 1.165) is 22.3 Å². The van der Waals surface area contributed by atoms with Gasteiger partial charge in [-0.1, -0.05) is 121 Å². The van der Waals surface area contributed by atoms with Gasteiger partial charge in [0.25, 0.3) is 5.56 Å². The third-order valence-corrected chi connectivity index (χ3v) is 17.1. The number of hydrogen-bond donors (Lipinski definition) is 6. The van der Waals surface area contributed by atoms with Crippen LogP contribution >= 0.6 is 14.9 Å². The third-order valence-electron chi connectivity index (χ3n) is 12.6. The molecule has 0 unspecified atom stereocenters. The molecule has 4 aromatic carbocycles. The van der Waals surface area contributed by atoms with Crippen LogP contribution in [0, 0.1) is 0 Å². The number of nitrogens with one attached hydrogen (secondary N) is 5. The lowest BCUT2D eigenvalue weighted by Gasteiger charge is -2.30. The highest BCUT2D eigenvalue weighted by molar-refractivity contribution is 7.60. The number of ether oxygens (including phenoxy) is 6. The van der Waals surface area contributed by atoms with Gasteiger partial charge in [-0.25, -0.2) is 20.3 Å². The van der Waals surface area contributed by atoms with E-state index >= 15 is 9.13 Å². The molecule has 430 valence electrons. The van der Waals surface area contributed by atoms with Gasteiger partial charge in [-0.3, -0.25) is 38.1 Å². The van der Waals surface area contributed by atoms with Gasteiger partial charge in [0.15, 0.2) is 0 Å². The monoisotopic (exact) mass is 1140 g/mol. The van der Waals surface area contributed by atoms with Crippen LogP contribution in [0.5, 0.6) is 0 Å². The van der Waals surface area contributed by atoms with Crippen LogP contribution in [0.2, 0.25) is 0 Å². The molecule has 6 aromatic rings. The minimum absolute atomic E-state index is 0.0608. The Labute approximate surface area is 466 Å². The number of benzene rings is 4. The van der Waals surface area contributed by atoms with Gasteiger partial charge in [-0.05, 0) is 81.7 Å². The summed E-state index contributed by atoms with van der Waals surface area (Å²) in [6.07, 6.45) is 1.55. The highest BCUT2D eigenvalue weighted by Gasteiger charge is 2.37. The number of rotatable bonds is 35. The van der Waals surface area contributed by atoms with E-state index in [1.54, 1.807) is 44.5 Å². The molecule has 0 amide bonds. The molecular formula is C57H74N8O13P2. The second-order valence-electron chi connectivity index (χ2n) is 18.6. The van der Waals surface area contributed by atoms with Gasteiger partial charge in [0.1, 0.15) is 29.8 Å². The number of fused-ring (bicyclic) bond motifs is 1. The number of nitrogens with zero attached hydrogens (tertiary/aromatic N) is 2. The van der Waals surface area contributed by atoms with Crippen molar-refractivity contribution in [2.24, 2.45) is 0 Å². The zero-order valence-electron chi connectivity index (χ0n) is 45.7. The Hall–Kier alpha value is -6.80. The first-order valence-corrected chi connectivity index (χ1v) is 30.6. The first kappa shape index (κ1) is 62.4. The van der Waals surface area contributed by atoms with Gasteiger partial charge < -0.3 is 38.7 Å². The van der Waals surface area contributed by atoms with E-state index in [1.165, 1.54) is 0 Å². The minimum Gasteiger partial charge on any atom is -0.465 e. The first-order chi connectivity index (χ1) is 38.6. The maximum atomic E-state index is 15.5. The largest absolute Gasteiger partial charge is 0.465 e. The summed E-state index contributed by atoms with van der Waals surface area (Å²) in [6.45, 7) is 6.22. The van der Waals surface area contributed by atoms with Crippen molar-refractivity contribution in [2.45, 2.75) is 83.6 Å². The smallest absolute Gasteiger partial charge is 0.323 e. The van der Waals surface area contributed by atoms with E-state index in [1.807, 2.05) is 121 Å². The van der Waals surface area contributed by atoms with Crippen molar-refractivity contribution in [1.29, 1.82) is 0 Å². The summed E-state index contributed by atoms with van der Waals surface area (Å²) in [7, 11) is -8.04. The number of anilines is 1. The van der Waals surface area contributed by atoms with E-state index in [0.29, 0.717) is 0 Å². The molecule has 2 aromatic heterocycles. The predicted molar refractivity (Wildman–Crippen MR) is 305 cm³/mol. The Morgan fingerprint density at radius 3 is 1.14 bits per heavy atom. The zero-order chi connectivity index (χ0) is 57.3. The Morgan fingerprint density at radius 1 is 0.525 bits per heavy atom. The van der Waals surface area contributed by atoms with E-state index in [2.05, 4.69) is 30.3 Å². The zero-order valence-corrected chi connectivity index (χ0v) is 47.5. The van der Waals surface area contributed by atoms with Crippen LogP contribution in [0.3, 0.4) is 0 Å². The van der Waals surface area contributed by atoms with Crippen LogP contribution in [-0.2, 0) is 82.4 Å². The van der Waals surface area contributed by atoms with E-state index < -0.39 is 74.5 Å². The van der Waals surface area contributed by atoms with E-state index in [9.17, 15) is 24.0 Å². The first-order valence-electron chi connectivity index (χ1n) is 26.8. The number of carbonyl (C=O) groups excluding carboxylic acids is 4. The fourth-order valence-electron chi connectivity index (χ4n) is 8.83. The van der Waals surface area contributed by atoms with Crippen molar-refractivity contribution >= 4 is 55.7 Å². The highest BCUT2D eigenvalue weighted by Crippen LogP contribution is 2.40. The van der Waals surface area contributed by atoms with Gasteiger partial charge in [0.05, 0.1) is 76.6 Å². The molecule has 0 radical (unpaired) electrons. The van der Waals surface area contributed by atoms with Gasteiger partial charge >= 0.3 is 23.9 Å². The van der Waals surface area contributed by atoms with E-state index in [4.69, 9.17) is 34.2 Å². The molecule has 80 heavy (non-hydrogen) atoms. The number of aromatic amines is 1. The average molecular weight is 1140 g/mol. The molecule has 0 saturated heterocycles. The lowest BCUT2D eigenvalue weighted by atomic mass is 10.1. The predicted octanol–water partition coefficient (Wildman–Crippen LogP) is 6.32. The summed E-state index contributed by atoms with van der Waals surface area (Å²) in [4.78, 5) is 74.5. The Balaban J connectivity index is 1.28. The molecule has 6 rings (SSSR count). The summed E-state index contributed by atoms with van der Waals surface area (Å²) in [6, 6.07) is 32.9. The number of nitrogen functional groups attached to an aromatic ring is 1. The van der Waals surface area contributed by atoms with Crippen LogP contribution in [0.25, 0.3) is 11.0 Å². The number of hydrogen-bond acceptors (Lipinski definition) is 15. The Morgan fingerprint density at radius 2 is 0.838 bits per heavy atom. The molecule has 0 fully saturated rings. The number of aromatic nitrogens is 3. The van der Waals surface area contributed by atoms with Gasteiger partial charge in [-0.15, -0.1) is 0 Å². The number of nitrogens with two attached hydrogens (primary N) is 1. The standard InChI is InChI=1S/C57H74N8O13P2/c1-5-75-53(67)47(35-41-21-13-9-14-22-41)61-79(71,62-48(54(68)76-6-2)36-42-23-15-10-16-24-42)33-31-73-39-45(65-30-29-46-51(65)59-57(58)60-52(46)66)40-74-32-34-80(72,63-49(55(69)77-7-3)37-43-25-17-11-18-26-43)64-50(56(70)78-8-4)38-44-27-19-12-20-28-44/h9-30,45,47-50H,5-8,31-40H2,1-4H3,(H2,61,62,71)(H2,63,64,72)(H3,58,59,60,66)/t47-,48-,49-,50-/m0/s1. The molecule has 23 heteroatoms. The van der Waals surface area contributed by atoms with Crippen molar-refractivity contribution in [2.75, 3.05) is 70.9 Å². The summed E-state index contributed by atoms with van der Waals surface area (Å²) in [5.74, 6) is -2.74. The molecular weight excluding hydrogens is 1070 g/mol. The maximum Gasteiger partial charge on any atom is 0.323 e. The molecule has 0 bridgehead atoms. The Bertz CT molecular complexity index is 2750. The van der Waals surface area contributed by atoms with Gasteiger partial charge in [0.2, 0.25) is 20.8 Å². The molecule has 0 aliphatic heterocycles. The quantitative estimate of drug-likeness (QED) is 0.0110. The lowest BCUT2D eigenvalue weighted by molar-refractivity contribution is -0.146. The average Bonchev–Trinajstić information content (AvgIpc) is 3.93. The summed E-state index contributed by atoms with van der Waals surface area (Å²) >= 11 is 0. The van der Waals surface area contributed by atoms with Crippen molar-refractivity contribution < 1.29 is 56.7 Å². The molecule has 2 heterocycles. The van der Waals surface area contributed by atoms with E-state index in [-0.39, 0.29) is 108 Å². The van der Waals surface area contributed by atoms with Crippen molar-refractivity contribution in [1.82, 2.24) is 34.9 Å². The van der Waals surface area contributed by atoms with Crippen molar-refractivity contribution in [3.63, 3.8) is 0 Å². The summed E-state index contributed by atoms with van der Waals surface area (Å²) in [5, 5.41) is 12.5. The SMILES string of the molecule is CCOC(=O)[C@H](Cc1ccccc1)NP(=O)(CCOCC(COCCP(=O)(N[C@@H](Cc1ccccc1)C(=O)OCC)N[C@@H](Cc1ccccc1)C(=O)OCC)n1ccc2c(=O)[nH]c(N)nc21)N[C@@H](Cc1ccccc1)C(=O)OCC. The molecule has 0 spiro atoms. The van der Waals surface area contributed by atoms with Crippen LogP contribution in [0.4, 0.5) is 5.95 Å². The lowest BCUT2D eigenvalue weighted by Crippen LogP contribution is -2.46. The molecule has 4 atom stereocenters. The molecule has 21 nitrogen and oxygen atoms in total. The number of H-pyrrole nitrogens is 1. The van der Waals surface area contributed by atoms with Crippen LogP contribution < -0.4 is 31.6 Å². The van der Waals surface area contributed by atoms with Gasteiger partial charge in [0, 0.05) is 6.20 Å². The number of esters is 4. The topological polar surface area (TPSA) is 283 Å². The van der Waals surface area contributed by atoms with Gasteiger partial charge in [-0.2, -0.15) is 4.98 Å². The molecule has 0 saturated carbocycles. The second-order valence-corrected chi connectivity index (χ2v) is 23.5. The molecule has 7 N–H and O–H groups in total. The Kier molecular flexibility index (Phi) is 24.8. The minimum atomic E-state index is -4.02. The van der Waals surface area contributed by atoms with Crippen molar-refractivity contribution in [3.05, 3.63) is 166 Å². The molecule has 0 aliphatic rings. The number of carbonyl (C=O) groups is 4.